The van der Waals surface area contributed by atoms with Crippen LogP contribution in [0.3, 0.4) is 0 Å². The number of carbonyl (C=O) groups excluding carboxylic acids is 1. The number of nitrogen functional groups attached to an aromatic ring is 1. The molecule has 0 aliphatic carbocycles. The molecule has 1 aromatic rings. The summed E-state index contributed by atoms with van der Waals surface area (Å²) < 4.78 is 0. The second-order valence-corrected chi connectivity index (χ2v) is 3.22. The van der Waals surface area contributed by atoms with Gasteiger partial charge in [0.2, 0.25) is 5.12 Å². The number of anilines is 1. The van der Waals surface area contributed by atoms with Crippen molar-refractivity contribution in [2.45, 2.75) is 5.92 Å². The van der Waals surface area contributed by atoms with Crippen LogP contribution in [0.4, 0.5) is 5.69 Å². The van der Waals surface area contributed by atoms with Gasteiger partial charge in [0.1, 0.15) is 0 Å². The zero-order valence-electron chi connectivity index (χ0n) is 7.18. The van der Waals surface area contributed by atoms with Crippen molar-refractivity contribution in [3.8, 4) is 0 Å². The lowest BCUT2D eigenvalue weighted by Gasteiger charge is -2.07. The van der Waals surface area contributed by atoms with Crippen LogP contribution in [-0.2, 0) is 9.59 Å². The summed E-state index contributed by atoms with van der Waals surface area (Å²) in [7, 11) is 0. The van der Waals surface area contributed by atoms with Crippen LogP contribution in [0.5, 0.6) is 0 Å². The van der Waals surface area contributed by atoms with E-state index < -0.39 is 17.0 Å². The van der Waals surface area contributed by atoms with Crippen molar-refractivity contribution in [3.05, 3.63) is 29.8 Å². The van der Waals surface area contributed by atoms with Crippen LogP contribution in [0.2, 0.25) is 0 Å². The normalized spacial score (nSPS) is 12.1. The fourth-order valence-corrected chi connectivity index (χ4v) is 1.34. The fourth-order valence-electron chi connectivity index (χ4n) is 1.08. The van der Waals surface area contributed by atoms with E-state index in [4.69, 9.17) is 10.8 Å². The lowest BCUT2D eigenvalue weighted by atomic mass is 10.0. The first-order chi connectivity index (χ1) is 6.52. The van der Waals surface area contributed by atoms with E-state index in [2.05, 4.69) is 12.6 Å². The molecule has 0 fully saturated rings. The maximum atomic E-state index is 10.9. The lowest BCUT2D eigenvalue weighted by Crippen LogP contribution is -2.17. The highest BCUT2D eigenvalue weighted by Crippen LogP contribution is 2.19. The van der Waals surface area contributed by atoms with E-state index >= 15 is 0 Å². The second-order valence-electron chi connectivity index (χ2n) is 2.78. The molecule has 3 N–H and O–H groups in total. The molecule has 0 heterocycles. The molecule has 0 amide bonds. The summed E-state index contributed by atoms with van der Waals surface area (Å²) in [6, 6.07) is 6.09. The largest absolute Gasteiger partial charge is 0.480 e. The number of nitrogens with two attached hydrogens (primary N) is 1. The number of aliphatic carboxylic acids is 1. The summed E-state index contributed by atoms with van der Waals surface area (Å²) >= 11 is 3.52. The number of thiol groups is 1. The topological polar surface area (TPSA) is 80.4 Å². The molecule has 0 saturated heterocycles. The van der Waals surface area contributed by atoms with Gasteiger partial charge in [0.05, 0.1) is 0 Å². The first-order valence-electron chi connectivity index (χ1n) is 3.83. The Labute approximate surface area is 86.1 Å². The van der Waals surface area contributed by atoms with Gasteiger partial charge in [-0.05, 0) is 17.7 Å². The monoisotopic (exact) mass is 211 g/mol. The van der Waals surface area contributed by atoms with Gasteiger partial charge in [0.15, 0.2) is 5.92 Å². The highest BCUT2D eigenvalue weighted by molar-refractivity contribution is 7.96. The number of carbonyl (C=O) groups is 2. The molecule has 1 rings (SSSR count). The quantitative estimate of drug-likeness (QED) is 0.394. The smallest absolute Gasteiger partial charge is 0.319 e. The van der Waals surface area contributed by atoms with Gasteiger partial charge in [0.25, 0.3) is 0 Å². The number of carboxylic acids is 1. The molecule has 0 aromatic heterocycles. The molecule has 5 heteroatoms. The molecule has 0 bridgehead atoms. The van der Waals surface area contributed by atoms with Crippen LogP contribution in [0.15, 0.2) is 24.3 Å². The molecule has 0 saturated carbocycles. The molecule has 0 aliphatic rings. The van der Waals surface area contributed by atoms with E-state index in [-0.39, 0.29) is 0 Å². The summed E-state index contributed by atoms with van der Waals surface area (Å²) in [5.74, 6) is -2.44. The van der Waals surface area contributed by atoms with E-state index in [1.54, 1.807) is 12.1 Å². The Morgan fingerprint density at radius 3 is 2.14 bits per heavy atom. The minimum absolute atomic E-state index is 0.381. The Bertz CT molecular complexity index is 347. The van der Waals surface area contributed by atoms with E-state index in [9.17, 15) is 9.59 Å². The molecule has 0 spiro atoms. The van der Waals surface area contributed by atoms with Crippen molar-refractivity contribution in [2.75, 3.05) is 5.73 Å². The van der Waals surface area contributed by atoms with Gasteiger partial charge in [-0.3, -0.25) is 9.59 Å². The Hall–Kier alpha value is -1.49. The van der Waals surface area contributed by atoms with Gasteiger partial charge >= 0.3 is 5.97 Å². The van der Waals surface area contributed by atoms with Crippen molar-refractivity contribution in [1.82, 2.24) is 0 Å². The fraction of sp³-hybridized carbons (Fsp3) is 0.111. The van der Waals surface area contributed by atoms with Gasteiger partial charge in [-0.25, -0.2) is 0 Å². The third-order valence-electron chi connectivity index (χ3n) is 1.76. The van der Waals surface area contributed by atoms with Crippen molar-refractivity contribution >= 4 is 29.4 Å². The highest BCUT2D eigenvalue weighted by Gasteiger charge is 2.25. The highest BCUT2D eigenvalue weighted by atomic mass is 32.1. The number of carboxylic acid groups (broad SMARTS) is 1. The molecule has 4 nitrogen and oxygen atoms in total. The maximum absolute atomic E-state index is 10.9. The van der Waals surface area contributed by atoms with Crippen molar-refractivity contribution < 1.29 is 14.7 Å². The van der Waals surface area contributed by atoms with Crippen molar-refractivity contribution in [2.24, 2.45) is 0 Å². The van der Waals surface area contributed by atoms with Crippen LogP contribution < -0.4 is 5.73 Å². The number of rotatable bonds is 3. The standard InChI is InChI=1S/C9H9NO3S/c10-6-3-1-5(2-4-6)7(8(11)12)9(13)14/h1-4,7H,10H2,(H,11,12)(H,13,14). The minimum Gasteiger partial charge on any atom is -0.480 e. The van der Waals surface area contributed by atoms with Crippen LogP contribution in [0.1, 0.15) is 11.5 Å². The van der Waals surface area contributed by atoms with Gasteiger partial charge in [-0.15, -0.1) is 12.6 Å². The number of hydrogen-bond acceptors (Lipinski definition) is 3. The second kappa shape index (κ2) is 4.15. The predicted octanol–water partition coefficient (Wildman–Crippen LogP) is 0.893. The molecule has 14 heavy (non-hydrogen) atoms. The van der Waals surface area contributed by atoms with Gasteiger partial charge in [-0.1, -0.05) is 12.1 Å². The van der Waals surface area contributed by atoms with Gasteiger partial charge in [0, 0.05) is 5.69 Å². The van der Waals surface area contributed by atoms with Gasteiger partial charge in [-0.2, -0.15) is 0 Å². The molecule has 1 unspecified atom stereocenters. The van der Waals surface area contributed by atoms with Crippen LogP contribution in [-0.4, -0.2) is 16.2 Å². The number of hydrogen-bond donors (Lipinski definition) is 3. The maximum Gasteiger partial charge on any atom is 0.319 e. The van der Waals surface area contributed by atoms with Crippen LogP contribution in [0, 0.1) is 0 Å². The number of benzene rings is 1. The Morgan fingerprint density at radius 2 is 1.79 bits per heavy atom. The molecular weight excluding hydrogens is 202 g/mol. The molecular formula is C9H9NO3S. The zero-order chi connectivity index (χ0) is 10.7. The van der Waals surface area contributed by atoms with E-state index in [0.29, 0.717) is 11.3 Å². The Morgan fingerprint density at radius 1 is 1.29 bits per heavy atom. The molecule has 74 valence electrons. The summed E-state index contributed by atoms with van der Waals surface area (Å²) in [5.41, 5.74) is 6.33. The minimum atomic E-state index is -1.22. The molecule has 0 radical (unpaired) electrons. The first kappa shape index (κ1) is 10.6. The first-order valence-corrected chi connectivity index (χ1v) is 4.28. The van der Waals surface area contributed by atoms with Crippen LogP contribution >= 0.6 is 12.6 Å². The molecule has 0 aliphatic heterocycles. The summed E-state index contributed by atoms with van der Waals surface area (Å²) in [6.07, 6.45) is 0. The summed E-state index contributed by atoms with van der Waals surface area (Å²) in [4.78, 5) is 21.6. The average Bonchev–Trinajstić information content (AvgIpc) is 2.07. The molecule has 1 aromatic carbocycles. The average molecular weight is 211 g/mol. The SMILES string of the molecule is Nc1ccc(C(C(=O)O)C(=O)S)cc1. The van der Waals surface area contributed by atoms with Crippen molar-refractivity contribution in [3.63, 3.8) is 0 Å². The lowest BCUT2D eigenvalue weighted by molar-refractivity contribution is -0.140. The summed E-state index contributed by atoms with van der Waals surface area (Å²) in [6.45, 7) is 0. The summed E-state index contributed by atoms with van der Waals surface area (Å²) in [5, 5.41) is 8.07. The van der Waals surface area contributed by atoms with E-state index in [1.807, 2.05) is 0 Å². The van der Waals surface area contributed by atoms with Crippen LogP contribution in [0.25, 0.3) is 0 Å². The van der Waals surface area contributed by atoms with Gasteiger partial charge < -0.3 is 10.8 Å². The predicted molar refractivity (Wildman–Crippen MR) is 55.2 cm³/mol. The third kappa shape index (κ3) is 2.26. The van der Waals surface area contributed by atoms with Crippen molar-refractivity contribution in [1.29, 1.82) is 0 Å². The third-order valence-corrected chi connectivity index (χ3v) is 2.02. The Balaban J connectivity index is 3.06. The van der Waals surface area contributed by atoms with E-state index in [0.717, 1.165) is 0 Å². The zero-order valence-corrected chi connectivity index (χ0v) is 8.07. The van der Waals surface area contributed by atoms with E-state index in [1.165, 1.54) is 12.1 Å². The molecule has 1 atom stereocenters. The Kier molecular flexibility index (Phi) is 3.14.